The van der Waals surface area contributed by atoms with Crippen molar-refractivity contribution in [3.8, 4) is 28.3 Å². The molecule has 0 atom stereocenters. The fourth-order valence-corrected chi connectivity index (χ4v) is 10.9. The quantitative estimate of drug-likeness (QED) is 0.101. The Morgan fingerprint density at radius 1 is 0.403 bits per heavy atom. The van der Waals surface area contributed by atoms with E-state index in [0.717, 1.165) is 45.3 Å². The standard InChI is InChI=1S/C68H54N4/c1-45-10-8-12-55(38-45)71(53-28-22-51(44-69)23-29-53)57-32-36-61-59-34-24-49(40-63(59)67(3,4)65(61)42-57)20-18-47-14-16-48(17-15-47)19-21-50-25-35-60-62-37-33-58(43-66(62)68(5,6)64(60)41-50)72(56-13-9-11-46(2)39-56)54-30-26-52(70-7)27-31-54/h8-43H,1-6H3/b20-18+,21-19+. The first-order chi connectivity index (χ1) is 34.9. The molecule has 0 fully saturated rings. The molecule has 2 aliphatic rings. The van der Waals surface area contributed by atoms with Gasteiger partial charge in [0.25, 0.3) is 0 Å². The molecule has 4 nitrogen and oxygen atoms in total. The molecule has 346 valence electrons. The van der Waals surface area contributed by atoms with Gasteiger partial charge in [0.1, 0.15) is 0 Å². The summed E-state index contributed by atoms with van der Waals surface area (Å²) in [4.78, 5) is 8.21. The molecule has 4 heteroatoms. The summed E-state index contributed by atoms with van der Waals surface area (Å²) in [6.45, 7) is 21.1. The van der Waals surface area contributed by atoms with Crippen molar-refractivity contribution >= 4 is 64.1 Å². The summed E-state index contributed by atoms with van der Waals surface area (Å²) < 4.78 is 0. The Morgan fingerprint density at radius 2 is 0.750 bits per heavy atom. The zero-order chi connectivity index (χ0) is 49.7. The van der Waals surface area contributed by atoms with E-state index in [2.05, 4.69) is 232 Å². The minimum Gasteiger partial charge on any atom is -0.311 e. The van der Waals surface area contributed by atoms with Crippen molar-refractivity contribution in [2.75, 3.05) is 9.80 Å². The van der Waals surface area contributed by atoms with Crippen molar-refractivity contribution in [3.63, 3.8) is 0 Å². The minimum absolute atomic E-state index is 0.204. The van der Waals surface area contributed by atoms with Gasteiger partial charge in [-0.2, -0.15) is 5.26 Å². The summed E-state index contributed by atoms with van der Waals surface area (Å²) in [5, 5.41) is 9.50. The summed E-state index contributed by atoms with van der Waals surface area (Å²) >= 11 is 0. The van der Waals surface area contributed by atoms with E-state index in [1.807, 2.05) is 48.5 Å². The van der Waals surface area contributed by atoms with E-state index in [1.54, 1.807) is 0 Å². The Hall–Kier alpha value is -8.96. The number of aryl methyl sites for hydroxylation is 2. The Morgan fingerprint density at radius 3 is 1.15 bits per heavy atom. The molecule has 0 unspecified atom stereocenters. The molecule has 0 saturated heterocycles. The van der Waals surface area contributed by atoms with Gasteiger partial charge in [-0.25, -0.2) is 4.85 Å². The third kappa shape index (κ3) is 8.28. The van der Waals surface area contributed by atoms with Crippen LogP contribution in [0, 0.1) is 31.8 Å². The van der Waals surface area contributed by atoms with E-state index in [9.17, 15) is 5.26 Å². The molecular weight excluding hydrogens is 873 g/mol. The second-order valence-corrected chi connectivity index (χ2v) is 20.3. The summed E-state index contributed by atoms with van der Waals surface area (Å²) in [6, 6.07) is 71.4. The number of anilines is 6. The molecule has 0 radical (unpaired) electrons. The first-order valence-electron chi connectivity index (χ1n) is 24.6. The molecule has 2 aliphatic carbocycles. The minimum atomic E-state index is -0.206. The van der Waals surface area contributed by atoms with Crippen LogP contribution < -0.4 is 9.80 Å². The number of hydrogen-bond donors (Lipinski definition) is 0. The van der Waals surface area contributed by atoms with Crippen LogP contribution in [-0.4, -0.2) is 0 Å². The second kappa shape index (κ2) is 18.1. The van der Waals surface area contributed by atoms with E-state index in [0.29, 0.717) is 11.3 Å². The average Bonchev–Trinajstić information content (AvgIpc) is 3.76. The summed E-state index contributed by atoms with van der Waals surface area (Å²) in [7, 11) is 0. The fourth-order valence-electron chi connectivity index (χ4n) is 10.9. The van der Waals surface area contributed by atoms with E-state index in [-0.39, 0.29) is 10.8 Å². The van der Waals surface area contributed by atoms with Gasteiger partial charge < -0.3 is 9.80 Å². The van der Waals surface area contributed by atoms with Crippen LogP contribution in [0.1, 0.15) is 88.9 Å². The summed E-state index contributed by atoms with van der Waals surface area (Å²) in [5.41, 5.74) is 24.7. The Kier molecular flexibility index (Phi) is 11.4. The van der Waals surface area contributed by atoms with Gasteiger partial charge in [0, 0.05) is 45.0 Å². The molecule has 0 heterocycles. The summed E-state index contributed by atoms with van der Waals surface area (Å²) in [6.07, 6.45) is 8.86. The highest BCUT2D eigenvalue weighted by molar-refractivity contribution is 5.89. The average molecular weight is 927 g/mol. The largest absolute Gasteiger partial charge is 0.311 e. The molecule has 9 aromatic carbocycles. The van der Waals surface area contributed by atoms with Gasteiger partial charge in [-0.3, -0.25) is 0 Å². The number of benzene rings is 9. The lowest BCUT2D eigenvalue weighted by molar-refractivity contribution is 0.660. The number of hydrogen-bond acceptors (Lipinski definition) is 3. The lowest BCUT2D eigenvalue weighted by Gasteiger charge is -2.28. The number of fused-ring (bicyclic) bond motifs is 6. The van der Waals surface area contributed by atoms with Crippen LogP contribution in [0.5, 0.6) is 0 Å². The van der Waals surface area contributed by atoms with Crippen LogP contribution in [0.15, 0.2) is 194 Å². The normalized spacial score (nSPS) is 13.5. The third-order valence-electron chi connectivity index (χ3n) is 14.8. The molecule has 72 heavy (non-hydrogen) atoms. The zero-order valence-electron chi connectivity index (χ0n) is 41.6. The van der Waals surface area contributed by atoms with Gasteiger partial charge in [0.05, 0.1) is 18.2 Å². The Labute approximate surface area is 424 Å². The third-order valence-corrected chi connectivity index (χ3v) is 14.8. The summed E-state index contributed by atoms with van der Waals surface area (Å²) in [5.74, 6) is 0. The molecule has 0 aliphatic heterocycles. The van der Waals surface area contributed by atoms with Gasteiger partial charge in [0.15, 0.2) is 5.69 Å². The smallest absolute Gasteiger partial charge is 0.187 e. The van der Waals surface area contributed by atoms with Crippen LogP contribution in [0.2, 0.25) is 0 Å². The monoisotopic (exact) mass is 926 g/mol. The maximum atomic E-state index is 9.50. The van der Waals surface area contributed by atoms with Gasteiger partial charge in [-0.05, 0) is 177 Å². The van der Waals surface area contributed by atoms with E-state index in [1.165, 1.54) is 66.8 Å². The highest BCUT2D eigenvalue weighted by Gasteiger charge is 2.37. The van der Waals surface area contributed by atoms with Gasteiger partial charge in [0.2, 0.25) is 0 Å². The van der Waals surface area contributed by atoms with Crippen molar-refractivity contribution in [2.45, 2.75) is 52.4 Å². The second-order valence-electron chi connectivity index (χ2n) is 20.3. The molecule has 11 rings (SSSR count). The van der Waals surface area contributed by atoms with Crippen LogP contribution >= 0.6 is 0 Å². The Balaban J connectivity index is 0.799. The maximum Gasteiger partial charge on any atom is 0.187 e. The van der Waals surface area contributed by atoms with Crippen molar-refractivity contribution in [1.29, 1.82) is 5.26 Å². The highest BCUT2D eigenvalue weighted by Crippen LogP contribution is 2.53. The van der Waals surface area contributed by atoms with E-state index >= 15 is 0 Å². The molecule has 0 aromatic heterocycles. The first-order valence-corrected chi connectivity index (χ1v) is 24.6. The van der Waals surface area contributed by atoms with Crippen molar-refractivity contribution in [3.05, 3.63) is 267 Å². The lowest BCUT2D eigenvalue weighted by atomic mass is 9.81. The lowest BCUT2D eigenvalue weighted by Crippen LogP contribution is -2.16. The molecule has 0 spiro atoms. The van der Waals surface area contributed by atoms with Gasteiger partial charge in [-0.15, -0.1) is 0 Å². The predicted molar refractivity (Wildman–Crippen MR) is 302 cm³/mol. The molecule has 0 N–H and O–H groups in total. The van der Waals surface area contributed by atoms with E-state index < -0.39 is 0 Å². The number of nitrogens with zero attached hydrogens (tertiary/aromatic N) is 4. The molecule has 0 bridgehead atoms. The first kappa shape index (κ1) is 45.5. The molecule has 0 saturated carbocycles. The van der Waals surface area contributed by atoms with Crippen LogP contribution in [0.3, 0.4) is 0 Å². The predicted octanol–water partition coefficient (Wildman–Crippen LogP) is 18.6. The Bertz CT molecular complexity index is 3480. The van der Waals surface area contributed by atoms with Crippen LogP contribution in [0.4, 0.5) is 39.8 Å². The fraction of sp³-hybridized carbons (Fsp3) is 0.118. The zero-order valence-corrected chi connectivity index (χ0v) is 41.6. The van der Waals surface area contributed by atoms with E-state index in [4.69, 9.17) is 6.57 Å². The molecule has 9 aromatic rings. The number of nitriles is 1. The maximum absolute atomic E-state index is 9.50. The molecular formula is C68H54N4. The number of rotatable bonds is 10. The van der Waals surface area contributed by atoms with Crippen LogP contribution in [-0.2, 0) is 10.8 Å². The SMILES string of the molecule is [C-]#[N+]c1ccc(N(c2cccc(C)c2)c2ccc3c(c2)C(C)(C)c2cc(/C=C/c4ccc(/C=C/c5ccc6c(c5)C(C)(C)c5cc(N(c7ccc(C#N)cc7)c7cccc(C)c7)ccc5-6)cc4)ccc2-3)cc1. The molecule has 0 amide bonds. The van der Waals surface area contributed by atoms with Gasteiger partial charge >= 0.3 is 0 Å². The van der Waals surface area contributed by atoms with Crippen molar-refractivity contribution < 1.29 is 0 Å². The van der Waals surface area contributed by atoms with Crippen molar-refractivity contribution in [2.24, 2.45) is 0 Å². The van der Waals surface area contributed by atoms with Crippen LogP contribution in [0.25, 0.3) is 51.4 Å². The van der Waals surface area contributed by atoms with Gasteiger partial charge in [-0.1, -0.05) is 161 Å². The highest BCUT2D eigenvalue weighted by atomic mass is 15.1. The topological polar surface area (TPSA) is 34.6 Å². The van der Waals surface area contributed by atoms with Crippen molar-refractivity contribution in [1.82, 2.24) is 0 Å².